The first-order valence-electron chi connectivity index (χ1n) is 8.95. The number of para-hydroxylation sites is 1. The van der Waals surface area contributed by atoms with Crippen molar-refractivity contribution in [2.24, 2.45) is 5.73 Å². The number of carbonyl (C=O) groups excluding carboxylic acids is 1. The van der Waals surface area contributed by atoms with E-state index in [4.69, 9.17) is 13.6 Å². The molecule has 5 nitrogen and oxygen atoms in total. The van der Waals surface area contributed by atoms with Gasteiger partial charge in [0.25, 0.3) is 5.91 Å². The molecule has 2 radical (unpaired) electrons. The van der Waals surface area contributed by atoms with Crippen LogP contribution in [0.2, 0.25) is 0 Å². The molecule has 1 fully saturated rings. The second-order valence-electron chi connectivity index (χ2n) is 6.38. The average Bonchev–Trinajstić information content (AvgIpc) is 3.14. The SMILES string of the molecule is NC(=O)c1cccc2cn(-c3ccccc3)nc12.[B]CN1CCCCC1. The molecule has 0 unspecified atom stereocenters. The van der Waals surface area contributed by atoms with Crippen molar-refractivity contribution < 1.29 is 4.79 Å². The van der Waals surface area contributed by atoms with Gasteiger partial charge in [-0.1, -0.05) is 36.8 Å². The number of amides is 1. The van der Waals surface area contributed by atoms with Crippen LogP contribution in [0.3, 0.4) is 0 Å². The normalized spacial score (nSPS) is 14.6. The third kappa shape index (κ3) is 4.32. The Morgan fingerprint density at radius 3 is 2.38 bits per heavy atom. The van der Waals surface area contributed by atoms with Gasteiger partial charge in [-0.25, -0.2) is 4.68 Å². The lowest BCUT2D eigenvalue weighted by Gasteiger charge is -2.24. The van der Waals surface area contributed by atoms with Crippen LogP contribution in [0, 0.1) is 0 Å². The van der Waals surface area contributed by atoms with Gasteiger partial charge >= 0.3 is 0 Å². The summed E-state index contributed by atoms with van der Waals surface area (Å²) < 4.78 is 1.75. The zero-order valence-corrected chi connectivity index (χ0v) is 14.8. The van der Waals surface area contributed by atoms with E-state index in [1.165, 1.54) is 32.4 Å². The number of primary amides is 1. The Balaban J connectivity index is 0.000000206. The van der Waals surface area contributed by atoms with Crippen molar-refractivity contribution in [1.29, 1.82) is 0 Å². The summed E-state index contributed by atoms with van der Waals surface area (Å²) >= 11 is 0. The Kier molecular flexibility index (Phi) is 6.07. The number of hydrogen-bond acceptors (Lipinski definition) is 3. The Morgan fingerprint density at radius 1 is 1.04 bits per heavy atom. The van der Waals surface area contributed by atoms with Crippen LogP contribution in [0.4, 0.5) is 0 Å². The van der Waals surface area contributed by atoms with Crippen LogP contribution in [0.15, 0.2) is 54.7 Å². The van der Waals surface area contributed by atoms with Crippen LogP contribution in [0.1, 0.15) is 29.6 Å². The van der Waals surface area contributed by atoms with E-state index in [1.54, 1.807) is 16.8 Å². The molecular formula is C20H23BN4O. The molecule has 0 saturated carbocycles. The molecule has 1 aromatic heterocycles. The number of fused-ring (bicyclic) bond motifs is 1. The van der Waals surface area contributed by atoms with Crippen LogP contribution in [-0.2, 0) is 0 Å². The fourth-order valence-electron chi connectivity index (χ4n) is 3.10. The first-order valence-corrected chi connectivity index (χ1v) is 8.95. The average molecular weight is 346 g/mol. The molecule has 0 atom stereocenters. The van der Waals surface area contributed by atoms with E-state index in [9.17, 15) is 4.79 Å². The molecule has 0 bridgehead atoms. The molecule has 2 aromatic carbocycles. The van der Waals surface area contributed by atoms with Crippen molar-refractivity contribution in [1.82, 2.24) is 14.7 Å². The van der Waals surface area contributed by atoms with Crippen LogP contribution in [0.25, 0.3) is 16.6 Å². The number of piperidine rings is 1. The minimum atomic E-state index is -0.459. The Morgan fingerprint density at radius 2 is 1.77 bits per heavy atom. The summed E-state index contributed by atoms with van der Waals surface area (Å²) in [6.07, 6.45) is 6.72. The molecule has 1 aliphatic heterocycles. The van der Waals surface area contributed by atoms with Crippen molar-refractivity contribution in [3.05, 3.63) is 60.3 Å². The summed E-state index contributed by atoms with van der Waals surface area (Å²) in [7, 11) is 5.43. The summed E-state index contributed by atoms with van der Waals surface area (Å²) in [6.45, 7) is 2.44. The molecule has 3 aromatic rings. The Labute approximate surface area is 155 Å². The molecule has 2 heterocycles. The predicted octanol–water partition coefficient (Wildman–Crippen LogP) is 2.72. The summed E-state index contributed by atoms with van der Waals surface area (Å²) in [6, 6.07) is 15.1. The minimum Gasteiger partial charge on any atom is -0.366 e. The topological polar surface area (TPSA) is 64.2 Å². The molecule has 0 spiro atoms. The zero-order valence-electron chi connectivity index (χ0n) is 14.8. The minimum absolute atomic E-state index is 0.446. The number of aromatic nitrogens is 2. The molecule has 132 valence electrons. The molecule has 26 heavy (non-hydrogen) atoms. The van der Waals surface area contributed by atoms with Gasteiger partial charge in [0.05, 0.1) is 19.1 Å². The van der Waals surface area contributed by atoms with Gasteiger partial charge < -0.3 is 10.6 Å². The Bertz CT molecular complexity index is 857. The quantitative estimate of drug-likeness (QED) is 0.742. The highest BCUT2D eigenvalue weighted by Gasteiger charge is 2.10. The van der Waals surface area contributed by atoms with Gasteiger partial charge in [0.2, 0.25) is 0 Å². The number of benzene rings is 2. The van der Waals surface area contributed by atoms with Crippen LogP contribution >= 0.6 is 0 Å². The molecule has 4 rings (SSSR count). The summed E-state index contributed by atoms with van der Waals surface area (Å²) in [5.74, 6) is -0.459. The van der Waals surface area contributed by atoms with E-state index >= 15 is 0 Å². The van der Waals surface area contributed by atoms with Gasteiger partial charge in [-0.05, 0) is 50.6 Å². The third-order valence-corrected chi connectivity index (χ3v) is 4.53. The van der Waals surface area contributed by atoms with Crippen LogP contribution in [-0.4, -0.2) is 48.0 Å². The number of nitrogens with zero attached hydrogens (tertiary/aromatic N) is 3. The van der Waals surface area contributed by atoms with Gasteiger partial charge in [-0.3, -0.25) is 4.79 Å². The lowest BCUT2D eigenvalue weighted by molar-refractivity contribution is 0.100. The molecule has 6 heteroatoms. The maximum atomic E-state index is 11.3. The zero-order chi connectivity index (χ0) is 18.4. The number of carbonyl (C=O) groups is 1. The molecule has 1 amide bonds. The fraction of sp³-hybridized carbons (Fsp3) is 0.300. The maximum Gasteiger partial charge on any atom is 0.250 e. The lowest BCUT2D eigenvalue weighted by atomic mass is 10.1. The monoisotopic (exact) mass is 346 g/mol. The van der Waals surface area contributed by atoms with E-state index in [-0.39, 0.29) is 0 Å². The number of hydrogen-bond donors (Lipinski definition) is 1. The molecule has 2 N–H and O–H groups in total. The van der Waals surface area contributed by atoms with Gasteiger partial charge in [0.1, 0.15) is 5.52 Å². The van der Waals surface area contributed by atoms with E-state index in [1.807, 2.05) is 42.6 Å². The maximum absolute atomic E-state index is 11.3. The smallest absolute Gasteiger partial charge is 0.250 e. The Hall–Kier alpha value is -2.60. The fourth-order valence-corrected chi connectivity index (χ4v) is 3.10. The highest BCUT2D eigenvalue weighted by Crippen LogP contribution is 2.19. The molecule has 0 aliphatic carbocycles. The van der Waals surface area contributed by atoms with Crippen molar-refractivity contribution in [3.63, 3.8) is 0 Å². The number of nitrogens with two attached hydrogens (primary N) is 1. The molecule has 1 saturated heterocycles. The van der Waals surface area contributed by atoms with E-state index in [0.29, 0.717) is 11.1 Å². The van der Waals surface area contributed by atoms with Crippen molar-refractivity contribution >= 4 is 24.7 Å². The molecular weight excluding hydrogens is 323 g/mol. The summed E-state index contributed by atoms with van der Waals surface area (Å²) in [5.41, 5.74) is 7.37. The van der Waals surface area contributed by atoms with Crippen molar-refractivity contribution in [2.75, 3.05) is 19.5 Å². The van der Waals surface area contributed by atoms with Gasteiger partial charge in [-0.15, -0.1) is 0 Å². The summed E-state index contributed by atoms with van der Waals surface area (Å²) in [4.78, 5) is 13.6. The highest BCUT2D eigenvalue weighted by molar-refractivity contribution is 6.08. The van der Waals surface area contributed by atoms with Gasteiger partial charge in [0, 0.05) is 11.6 Å². The largest absolute Gasteiger partial charge is 0.366 e. The second kappa shape index (κ2) is 8.67. The van der Waals surface area contributed by atoms with Crippen molar-refractivity contribution in [3.8, 4) is 5.69 Å². The highest BCUT2D eigenvalue weighted by atomic mass is 16.1. The number of likely N-dealkylation sites (tertiary alicyclic amines) is 1. The van der Waals surface area contributed by atoms with Crippen molar-refractivity contribution in [2.45, 2.75) is 19.3 Å². The van der Waals surface area contributed by atoms with E-state index in [0.717, 1.165) is 17.5 Å². The van der Waals surface area contributed by atoms with E-state index in [2.05, 4.69) is 10.00 Å². The first-order chi connectivity index (χ1) is 12.7. The van der Waals surface area contributed by atoms with Gasteiger partial charge in [0.15, 0.2) is 0 Å². The number of rotatable bonds is 3. The van der Waals surface area contributed by atoms with Crippen LogP contribution in [0.5, 0.6) is 0 Å². The predicted molar refractivity (Wildman–Crippen MR) is 106 cm³/mol. The van der Waals surface area contributed by atoms with Crippen LogP contribution < -0.4 is 5.73 Å². The third-order valence-electron chi connectivity index (χ3n) is 4.53. The standard InChI is InChI=1S/C14H11N3O.C6H12BN/c15-14(18)12-8-4-5-10-9-17(16-13(10)12)11-6-2-1-3-7-11;7-6-8-4-2-1-3-5-8/h1-9H,(H2,15,18);1-6H2. The molecule has 1 aliphatic rings. The van der Waals surface area contributed by atoms with Gasteiger partial charge in [-0.2, -0.15) is 5.10 Å². The second-order valence-corrected chi connectivity index (χ2v) is 6.38. The lowest BCUT2D eigenvalue weighted by Crippen LogP contribution is -2.30. The summed E-state index contributed by atoms with van der Waals surface area (Å²) in [5, 5.41) is 5.32. The van der Waals surface area contributed by atoms with E-state index < -0.39 is 5.91 Å². The first kappa shape index (κ1) is 18.2.